The lowest BCUT2D eigenvalue weighted by Crippen LogP contribution is -2.26. The molecule has 0 aliphatic heterocycles. The van der Waals surface area contributed by atoms with Crippen LogP contribution in [0.15, 0.2) is 29.9 Å². The number of amides is 2. The summed E-state index contributed by atoms with van der Waals surface area (Å²) in [5.41, 5.74) is 3.85. The molecule has 140 valence electrons. The number of aromatic nitrogens is 3. The van der Waals surface area contributed by atoms with E-state index in [1.165, 1.54) is 17.7 Å². The Hall–Kier alpha value is -3.00. The molecule has 0 saturated carbocycles. The highest BCUT2D eigenvalue weighted by molar-refractivity contribution is 7.09. The Morgan fingerprint density at radius 1 is 1.19 bits per heavy atom. The Kier molecular flexibility index (Phi) is 5.36. The van der Waals surface area contributed by atoms with Gasteiger partial charge in [-0.2, -0.15) is 0 Å². The average Bonchev–Trinajstić information content (AvgIpc) is 3.25. The van der Waals surface area contributed by atoms with Crippen molar-refractivity contribution in [2.45, 2.75) is 33.7 Å². The van der Waals surface area contributed by atoms with E-state index in [0.29, 0.717) is 22.6 Å². The summed E-state index contributed by atoms with van der Waals surface area (Å²) in [4.78, 5) is 36.3. The van der Waals surface area contributed by atoms with Gasteiger partial charge in [-0.1, -0.05) is 6.07 Å². The maximum Gasteiger partial charge on any atom is 0.276 e. The highest BCUT2D eigenvalue weighted by atomic mass is 32.1. The van der Waals surface area contributed by atoms with E-state index in [9.17, 15) is 9.59 Å². The topological polar surface area (TPSA) is 99.8 Å². The second-order valence-corrected chi connectivity index (χ2v) is 7.27. The number of aryl methyl sites for hydroxylation is 3. The third-order valence-electron chi connectivity index (χ3n) is 4.15. The van der Waals surface area contributed by atoms with Crippen molar-refractivity contribution in [3.05, 3.63) is 63.1 Å². The summed E-state index contributed by atoms with van der Waals surface area (Å²) in [6, 6.07) is 5.02. The van der Waals surface area contributed by atoms with E-state index < -0.39 is 0 Å². The van der Waals surface area contributed by atoms with Gasteiger partial charge in [-0.25, -0.2) is 9.97 Å². The number of nitrogens with zero attached hydrogens (tertiary/aromatic N) is 2. The summed E-state index contributed by atoms with van der Waals surface area (Å²) < 4.78 is 0. The van der Waals surface area contributed by atoms with Crippen molar-refractivity contribution in [3.63, 3.8) is 0 Å². The maximum absolute atomic E-state index is 12.6. The first-order chi connectivity index (χ1) is 12.8. The van der Waals surface area contributed by atoms with Crippen LogP contribution < -0.4 is 10.6 Å². The summed E-state index contributed by atoms with van der Waals surface area (Å²) in [5.74, 6) is -0.539. The monoisotopic (exact) mass is 383 g/mol. The number of benzene rings is 1. The van der Waals surface area contributed by atoms with Crippen molar-refractivity contribution in [1.82, 2.24) is 20.3 Å². The minimum absolute atomic E-state index is 0.192. The minimum atomic E-state index is -0.318. The fourth-order valence-corrected chi connectivity index (χ4v) is 3.38. The van der Waals surface area contributed by atoms with Gasteiger partial charge in [0.2, 0.25) is 0 Å². The van der Waals surface area contributed by atoms with Crippen LogP contribution in [0.5, 0.6) is 0 Å². The Balaban J connectivity index is 1.75. The summed E-state index contributed by atoms with van der Waals surface area (Å²) in [6.45, 7) is 7.47. The predicted octanol–water partition coefficient (Wildman–Crippen LogP) is 3.53. The molecule has 0 fully saturated rings. The third-order valence-corrected chi connectivity index (χ3v) is 5.29. The number of anilines is 1. The van der Waals surface area contributed by atoms with E-state index >= 15 is 0 Å². The molecule has 0 radical (unpaired) electrons. The van der Waals surface area contributed by atoms with Gasteiger partial charge < -0.3 is 15.6 Å². The van der Waals surface area contributed by atoms with Crippen LogP contribution in [0.25, 0.3) is 0 Å². The molecule has 0 spiro atoms. The first-order valence-corrected chi connectivity index (χ1v) is 9.38. The smallest absolute Gasteiger partial charge is 0.276 e. The van der Waals surface area contributed by atoms with Gasteiger partial charge >= 0.3 is 0 Å². The molecule has 1 atom stereocenters. The van der Waals surface area contributed by atoms with Gasteiger partial charge in [0.1, 0.15) is 10.7 Å². The summed E-state index contributed by atoms with van der Waals surface area (Å²) >= 11 is 1.52. The molecule has 8 heteroatoms. The Labute approximate surface area is 161 Å². The maximum atomic E-state index is 12.6. The molecule has 0 saturated heterocycles. The molecule has 3 aromatic rings. The van der Waals surface area contributed by atoms with Crippen molar-refractivity contribution in [2.24, 2.45) is 0 Å². The third kappa shape index (κ3) is 4.22. The van der Waals surface area contributed by atoms with Gasteiger partial charge in [-0.3, -0.25) is 9.59 Å². The van der Waals surface area contributed by atoms with Crippen LogP contribution in [0.1, 0.15) is 55.8 Å². The van der Waals surface area contributed by atoms with Gasteiger partial charge in [0.15, 0.2) is 0 Å². The van der Waals surface area contributed by atoms with Crippen LogP contribution in [0.4, 0.5) is 5.69 Å². The largest absolute Gasteiger partial charge is 0.348 e. The number of aromatic amines is 1. The van der Waals surface area contributed by atoms with Crippen LogP contribution in [-0.2, 0) is 0 Å². The summed E-state index contributed by atoms with van der Waals surface area (Å²) in [5, 5.41) is 8.58. The number of hydrogen-bond donors (Lipinski definition) is 3. The van der Waals surface area contributed by atoms with Crippen LogP contribution in [-0.4, -0.2) is 26.8 Å². The first-order valence-electron chi connectivity index (χ1n) is 8.50. The number of carbonyl (C=O) groups is 2. The number of rotatable bonds is 5. The first kappa shape index (κ1) is 18.8. The van der Waals surface area contributed by atoms with Gasteiger partial charge in [-0.05, 0) is 45.4 Å². The van der Waals surface area contributed by atoms with Crippen LogP contribution in [0.3, 0.4) is 0 Å². The standard InChI is InChI=1S/C19H21N5O2S/c1-10-5-6-14(17(25)23-13(4)19-22-11(2)8-27-19)7-15(10)24-18(26)16-12(3)20-9-21-16/h5-9,13H,1-4H3,(H,20,21)(H,23,25)(H,24,26). The second-order valence-electron chi connectivity index (χ2n) is 6.38. The number of nitrogens with one attached hydrogen (secondary N) is 3. The molecule has 2 aromatic heterocycles. The SMILES string of the molecule is Cc1csc(C(C)NC(=O)c2ccc(C)c(NC(=O)c3nc[nH]c3C)c2)n1. The van der Waals surface area contributed by atoms with Crippen molar-refractivity contribution in [1.29, 1.82) is 0 Å². The summed E-state index contributed by atoms with van der Waals surface area (Å²) in [7, 11) is 0. The van der Waals surface area contributed by atoms with E-state index in [4.69, 9.17) is 0 Å². The quantitative estimate of drug-likeness (QED) is 0.627. The second kappa shape index (κ2) is 7.71. The average molecular weight is 383 g/mol. The van der Waals surface area contributed by atoms with Gasteiger partial charge in [0.25, 0.3) is 11.8 Å². The molecule has 1 aromatic carbocycles. The Morgan fingerprint density at radius 2 is 1.96 bits per heavy atom. The minimum Gasteiger partial charge on any atom is -0.348 e. The molecule has 7 nitrogen and oxygen atoms in total. The predicted molar refractivity (Wildman–Crippen MR) is 105 cm³/mol. The Bertz CT molecular complexity index is 992. The fourth-order valence-electron chi connectivity index (χ4n) is 2.58. The van der Waals surface area contributed by atoms with E-state index in [1.807, 2.05) is 26.2 Å². The number of carbonyl (C=O) groups excluding carboxylic acids is 2. The zero-order valence-corrected chi connectivity index (χ0v) is 16.4. The lowest BCUT2D eigenvalue weighted by molar-refractivity contribution is 0.0938. The van der Waals surface area contributed by atoms with E-state index in [2.05, 4.69) is 25.6 Å². The van der Waals surface area contributed by atoms with E-state index in [0.717, 1.165) is 16.3 Å². The van der Waals surface area contributed by atoms with Crippen molar-refractivity contribution in [2.75, 3.05) is 5.32 Å². The molecule has 3 rings (SSSR count). The molecule has 1 unspecified atom stereocenters. The zero-order valence-electron chi connectivity index (χ0n) is 15.6. The highest BCUT2D eigenvalue weighted by Gasteiger charge is 2.17. The Morgan fingerprint density at radius 3 is 2.59 bits per heavy atom. The molecule has 2 heterocycles. The normalized spacial score (nSPS) is 11.9. The fraction of sp³-hybridized carbons (Fsp3) is 0.263. The molecule has 0 aliphatic rings. The lowest BCUT2D eigenvalue weighted by atomic mass is 10.1. The van der Waals surface area contributed by atoms with Crippen molar-refractivity contribution < 1.29 is 9.59 Å². The summed E-state index contributed by atoms with van der Waals surface area (Å²) in [6.07, 6.45) is 1.47. The van der Waals surface area contributed by atoms with Gasteiger partial charge in [0.05, 0.1) is 12.4 Å². The molecular weight excluding hydrogens is 362 g/mol. The number of hydrogen-bond acceptors (Lipinski definition) is 5. The number of thiazole rings is 1. The van der Waals surface area contributed by atoms with Crippen LogP contribution in [0, 0.1) is 20.8 Å². The molecule has 0 aliphatic carbocycles. The highest BCUT2D eigenvalue weighted by Crippen LogP contribution is 2.21. The van der Waals surface area contributed by atoms with Crippen LogP contribution >= 0.6 is 11.3 Å². The number of H-pyrrole nitrogens is 1. The molecule has 3 N–H and O–H groups in total. The molecular formula is C19H21N5O2S. The van der Waals surface area contributed by atoms with E-state index in [1.54, 1.807) is 25.1 Å². The molecule has 0 bridgehead atoms. The van der Waals surface area contributed by atoms with E-state index in [-0.39, 0.29) is 17.9 Å². The lowest BCUT2D eigenvalue weighted by Gasteiger charge is -2.13. The van der Waals surface area contributed by atoms with Gasteiger partial charge in [0, 0.05) is 28.0 Å². The van der Waals surface area contributed by atoms with Crippen molar-refractivity contribution >= 4 is 28.8 Å². The van der Waals surface area contributed by atoms with Gasteiger partial charge in [-0.15, -0.1) is 11.3 Å². The van der Waals surface area contributed by atoms with Crippen LogP contribution in [0.2, 0.25) is 0 Å². The molecule has 2 amide bonds. The molecule has 27 heavy (non-hydrogen) atoms. The number of imidazole rings is 1. The zero-order chi connectivity index (χ0) is 19.6. The van der Waals surface area contributed by atoms with Crippen molar-refractivity contribution in [3.8, 4) is 0 Å².